The van der Waals surface area contributed by atoms with Crippen LogP contribution in [0.3, 0.4) is 0 Å². The van der Waals surface area contributed by atoms with Gasteiger partial charge in [0.15, 0.2) is 0 Å². The van der Waals surface area contributed by atoms with Crippen molar-refractivity contribution in [3.8, 4) is 0 Å². The van der Waals surface area contributed by atoms with Gasteiger partial charge in [0.2, 0.25) is 0 Å². The van der Waals surface area contributed by atoms with Crippen molar-refractivity contribution in [3.05, 3.63) is 12.3 Å². The second-order valence-electron chi connectivity index (χ2n) is 6.61. The third kappa shape index (κ3) is 23.4. The quantitative estimate of drug-likeness (QED) is 0.295. The van der Waals surface area contributed by atoms with Gasteiger partial charge in [-0.3, -0.25) is 0 Å². The second kappa shape index (κ2) is 25.9. The number of hydrogen-bond acceptors (Lipinski definition) is 8. The Bertz CT molecular complexity index is 359. The summed E-state index contributed by atoms with van der Waals surface area (Å²) in [7, 11) is 6.60. The van der Waals surface area contributed by atoms with Crippen LogP contribution in [-0.4, -0.2) is 91.8 Å². The van der Waals surface area contributed by atoms with Crippen LogP contribution in [0.2, 0.25) is 38.3 Å². The molecular weight excluding hydrogens is 481 g/mol. The Morgan fingerprint density at radius 3 is 1.00 bits per heavy atom. The maximum Gasteiger partial charge on any atom is 0.360 e. The molecule has 32 heavy (non-hydrogen) atoms. The van der Waals surface area contributed by atoms with Crippen molar-refractivity contribution in [3.63, 3.8) is 0 Å². The maximum absolute atomic E-state index is 5.42. The van der Waals surface area contributed by atoms with E-state index in [0.29, 0.717) is 0 Å². The molecule has 0 radical (unpaired) electrons. The van der Waals surface area contributed by atoms with Crippen LogP contribution in [0.4, 0.5) is 0 Å². The van der Waals surface area contributed by atoms with Crippen molar-refractivity contribution in [1.29, 1.82) is 0 Å². The Balaban J connectivity index is -0.0000000850. The van der Waals surface area contributed by atoms with E-state index in [1.807, 2.05) is 13.1 Å². The fourth-order valence-corrected chi connectivity index (χ4v) is 5.49. The van der Waals surface area contributed by atoms with Gasteiger partial charge >= 0.3 is 35.0 Å². The average Bonchev–Trinajstić information content (AvgIpc) is 2.78. The van der Waals surface area contributed by atoms with Crippen LogP contribution >= 0.6 is 0 Å². The molecular formula is C20H58O8Si4. The van der Waals surface area contributed by atoms with E-state index >= 15 is 0 Å². The molecule has 0 spiro atoms. The van der Waals surface area contributed by atoms with Crippen molar-refractivity contribution in [2.45, 2.75) is 67.0 Å². The van der Waals surface area contributed by atoms with E-state index in [-0.39, 0.29) is 22.3 Å². The summed E-state index contributed by atoms with van der Waals surface area (Å²) in [6, 6.07) is 1.96. The van der Waals surface area contributed by atoms with Gasteiger partial charge in [0.25, 0.3) is 0 Å². The van der Waals surface area contributed by atoms with Crippen LogP contribution in [0, 0.1) is 0 Å². The zero-order valence-corrected chi connectivity index (χ0v) is 24.9. The Morgan fingerprint density at radius 1 is 0.625 bits per heavy atom. The van der Waals surface area contributed by atoms with E-state index in [0.717, 1.165) is 18.5 Å². The first-order chi connectivity index (χ1) is 13.4. The van der Waals surface area contributed by atoms with Gasteiger partial charge in [0.05, 0.1) is 0 Å². The van der Waals surface area contributed by atoms with Gasteiger partial charge in [-0.15, -0.1) is 6.58 Å². The van der Waals surface area contributed by atoms with Gasteiger partial charge in [-0.25, -0.2) is 0 Å². The summed E-state index contributed by atoms with van der Waals surface area (Å²) in [5, 5.41) is 0. The molecule has 0 amide bonds. The Hall–Kier alpha value is 0.288. The lowest BCUT2D eigenvalue weighted by molar-refractivity contribution is 0.241. The molecule has 0 heterocycles. The van der Waals surface area contributed by atoms with E-state index in [1.165, 1.54) is 0 Å². The van der Waals surface area contributed by atoms with E-state index in [4.69, 9.17) is 35.4 Å². The molecule has 0 saturated carbocycles. The molecule has 0 unspecified atom stereocenters. The van der Waals surface area contributed by atoms with Gasteiger partial charge in [0.1, 0.15) is 0 Å². The highest BCUT2D eigenvalue weighted by Gasteiger charge is 2.33. The van der Waals surface area contributed by atoms with E-state index in [1.54, 1.807) is 62.6 Å². The van der Waals surface area contributed by atoms with Crippen molar-refractivity contribution >= 4 is 35.0 Å². The van der Waals surface area contributed by atoms with Gasteiger partial charge in [-0.1, -0.05) is 22.3 Å². The van der Waals surface area contributed by atoms with Crippen LogP contribution in [0.5, 0.6) is 0 Å². The van der Waals surface area contributed by atoms with Gasteiger partial charge < -0.3 is 35.4 Å². The van der Waals surface area contributed by atoms with Gasteiger partial charge in [-0.2, -0.15) is 0 Å². The molecule has 0 atom stereocenters. The first-order valence-electron chi connectivity index (χ1n) is 9.44. The topological polar surface area (TPSA) is 73.8 Å². The number of rotatable bonds is 13. The van der Waals surface area contributed by atoms with Crippen LogP contribution in [0.25, 0.3) is 0 Å². The predicted octanol–water partition coefficient (Wildman–Crippen LogP) is 5.22. The molecule has 0 aromatic carbocycles. The zero-order valence-electron chi connectivity index (χ0n) is 20.7. The minimum atomic E-state index is -1.91. The third-order valence-corrected chi connectivity index (χ3v) is 14.5. The molecule has 0 bridgehead atoms. The number of hydrogen-bond donors (Lipinski definition) is 0. The molecule has 0 aliphatic carbocycles. The van der Waals surface area contributed by atoms with Crippen molar-refractivity contribution < 1.29 is 35.4 Å². The fraction of sp³-hybridized carbons (Fsp3) is 0.900. The highest BCUT2D eigenvalue weighted by atomic mass is 28.4. The summed E-state index contributed by atoms with van der Waals surface area (Å²) >= 11 is 0. The molecule has 0 N–H and O–H groups in total. The van der Waals surface area contributed by atoms with Crippen molar-refractivity contribution in [2.75, 3.05) is 56.9 Å². The lowest BCUT2D eigenvalue weighted by Gasteiger charge is -2.26. The summed E-state index contributed by atoms with van der Waals surface area (Å²) in [4.78, 5) is 0. The standard InChI is InChI=1S/C9H24O4Si2.C5H12O2Si.C3H10O2Si.3CH4/c1-10-14(5,11-2)8-7-9-15(6,12-3)13-4;1-5-8(4,6-2)7-3;1-4-6(3)5-2;;;/h7-9H2,1-6H3;5H,1H2,2-4H3;6H,1-3H3;3*1H4. The molecule has 12 heteroatoms. The summed E-state index contributed by atoms with van der Waals surface area (Å²) < 4.78 is 41.4. The predicted molar refractivity (Wildman–Crippen MR) is 149 cm³/mol. The molecule has 0 fully saturated rings. The normalized spacial score (nSPS) is 10.9. The zero-order chi connectivity index (χ0) is 23.6. The molecule has 0 rings (SSSR count). The Kier molecular flexibility index (Phi) is 37.0. The largest absolute Gasteiger partial charge is 0.400 e. The molecule has 0 aromatic rings. The molecule has 0 aliphatic rings. The van der Waals surface area contributed by atoms with E-state index in [9.17, 15) is 0 Å². The van der Waals surface area contributed by atoms with E-state index in [2.05, 4.69) is 19.7 Å². The van der Waals surface area contributed by atoms with Crippen molar-refractivity contribution in [2.24, 2.45) is 0 Å². The molecule has 0 saturated heterocycles. The summed E-state index contributed by atoms with van der Waals surface area (Å²) in [6.07, 6.45) is 1.04. The molecule has 202 valence electrons. The van der Waals surface area contributed by atoms with Crippen molar-refractivity contribution in [1.82, 2.24) is 0 Å². The highest BCUT2D eigenvalue weighted by molar-refractivity contribution is 6.71. The SMILES string of the molecule is C.C.C.C=C[Si](C)(OC)OC.CO[SiH](C)OC.CO[Si](C)(CCC[Si](C)(OC)OC)OC. The average molecular weight is 539 g/mol. The highest BCUT2D eigenvalue weighted by Crippen LogP contribution is 2.21. The minimum Gasteiger partial charge on any atom is -0.400 e. The third-order valence-electron chi connectivity index (χ3n) is 4.83. The summed E-state index contributed by atoms with van der Waals surface area (Å²) in [5.74, 6) is 0. The first-order valence-corrected chi connectivity index (χ1v) is 19.0. The molecule has 0 aliphatic heterocycles. The fourth-order valence-electron chi connectivity index (χ4n) is 1.65. The summed E-state index contributed by atoms with van der Waals surface area (Å²) in [6.45, 7) is 11.6. The van der Waals surface area contributed by atoms with Gasteiger partial charge in [-0.05, 0) is 50.4 Å². The monoisotopic (exact) mass is 538 g/mol. The van der Waals surface area contributed by atoms with Crippen LogP contribution in [0.15, 0.2) is 12.3 Å². The van der Waals surface area contributed by atoms with Crippen LogP contribution in [-0.2, 0) is 35.4 Å². The van der Waals surface area contributed by atoms with Crippen LogP contribution < -0.4 is 0 Å². The lowest BCUT2D eigenvalue weighted by Crippen LogP contribution is -2.39. The van der Waals surface area contributed by atoms with E-state index < -0.39 is 35.0 Å². The maximum atomic E-state index is 5.42. The second-order valence-corrected chi connectivity index (χ2v) is 19.1. The minimum absolute atomic E-state index is 0. The lowest BCUT2D eigenvalue weighted by atomic mass is 10.6. The molecule has 8 nitrogen and oxygen atoms in total. The Labute approximate surface area is 206 Å². The molecule has 0 aromatic heterocycles. The summed E-state index contributed by atoms with van der Waals surface area (Å²) in [5.41, 5.74) is 1.74. The Morgan fingerprint density at radius 2 is 0.906 bits per heavy atom. The first kappa shape index (κ1) is 45.7. The van der Waals surface area contributed by atoms with Gasteiger partial charge in [0, 0.05) is 56.9 Å². The van der Waals surface area contributed by atoms with Crippen LogP contribution in [0.1, 0.15) is 28.7 Å². The smallest absolute Gasteiger partial charge is 0.360 e.